The van der Waals surface area contributed by atoms with Crippen molar-refractivity contribution < 1.29 is 28.9 Å². The van der Waals surface area contributed by atoms with Gasteiger partial charge in [0.25, 0.3) is 0 Å². The maximum Gasteiger partial charge on any atom is 0.407 e. The van der Waals surface area contributed by atoms with Gasteiger partial charge in [0.15, 0.2) is 0 Å². The number of fused-ring (bicyclic) bond motifs is 3. The minimum absolute atomic E-state index is 0.0995. The summed E-state index contributed by atoms with van der Waals surface area (Å²) in [6, 6.07) is 29.2. The van der Waals surface area contributed by atoms with E-state index in [4.69, 9.17) is 14.2 Å². The zero-order valence-corrected chi connectivity index (χ0v) is 20.8. The van der Waals surface area contributed by atoms with Gasteiger partial charge in [-0.05, 0) is 64.2 Å². The molecule has 2 N–H and O–H groups in total. The predicted molar refractivity (Wildman–Crippen MR) is 143 cm³/mol. The molecule has 0 bridgehead atoms. The van der Waals surface area contributed by atoms with Crippen LogP contribution in [0, 0.1) is 0 Å². The van der Waals surface area contributed by atoms with Crippen LogP contribution in [0.2, 0.25) is 0 Å². The molecule has 1 aliphatic rings. The second-order valence-electron chi connectivity index (χ2n) is 8.99. The van der Waals surface area contributed by atoms with Gasteiger partial charge in [0, 0.05) is 12.3 Å². The molecule has 192 valence electrons. The van der Waals surface area contributed by atoms with Crippen LogP contribution in [0.4, 0.5) is 4.79 Å². The fraction of sp³-hybridized carbons (Fsp3) is 0.161. The summed E-state index contributed by atoms with van der Waals surface area (Å²) in [7, 11) is 1.60. The van der Waals surface area contributed by atoms with Crippen molar-refractivity contribution in [2.75, 3.05) is 13.7 Å². The van der Waals surface area contributed by atoms with Gasteiger partial charge in [0.1, 0.15) is 29.9 Å². The largest absolute Gasteiger partial charge is 0.497 e. The molecular weight excluding hydrogens is 482 g/mol. The third-order valence-corrected chi connectivity index (χ3v) is 6.59. The maximum atomic E-state index is 12.6. The number of ether oxygens (including phenoxy) is 3. The number of carboxylic acid groups (broad SMARTS) is 1. The normalized spacial score (nSPS) is 12.7. The number of carbonyl (C=O) groups excluding carboxylic acids is 1. The van der Waals surface area contributed by atoms with Crippen molar-refractivity contribution in [3.05, 3.63) is 114 Å². The van der Waals surface area contributed by atoms with Gasteiger partial charge in [-0.15, -0.1) is 0 Å². The predicted octanol–water partition coefficient (Wildman–Crippen LogP) is 6.02. The molecule has 0 spiro atoms. The molecule has 0 fully saturated rings. The highest BCUT2D eigenvalue weighted by atomic mass is 16.5. The molecule has 0 aromatic heterocycles. The number of methoxy groups -OCH3 is 1. The summed E-state index contributed by atoms with van der Waals surface area (Å²) < 4.78 is 16.5. The lowest BCUT2D eigenvalue weighted by molar-refractivity contribution is -0.139. The Hall–Kier alpha value is -4.78. The molecule has 7 nitrogen and oxygen atoms in total. The van der Waals surface area contributed by atoms with Crippen molar-refractivity contribution in [1.82, 2.24) is 5.32 Å². The second-order valence-corrected chi connectivity index (χ2v) is 8.99. The van der Waals surface area contributed by atoms with Crippen LogP contribution >= 0.6 is 0 Å². The number of aliphatic carboxylic acids is 1. The van der Waals surface area contributed by atoms with E-state index in [-0.39, 0.29) is 18.9 Å². The number of rotatable bonds is 9. The van der Waals surface area contributed by atoms with Crippen molar-refractivity contribution >= 4 is 12.1 Å². The van der Waals surface area contributed by atoms with E-state index in [9.17, 15) is 14.7 Å². The summed E-state index contributed by atoms with van der Waals surface area (Å²) in [4.78, 5) is 24.5. The van der Waals surface area contributed by atoms with Crippen LogP contribution in [-0.4, -0.2) is 36.9 Å². The molecule has 1 atom stereocenters. The first-order valence-electron chi connectivity index (χ1n) is 12.3. The van der Waals surface area contributed by atoms with Crippen molar-refractivity contribution in [2.45, 2.75) is 18.4 Å². The Morgan fingerprint density at radius 2 is 1.32 bits per heavy atom. The first kappa shape index (κ1) is 24.9. The summed E-state index contributed by atoms with van der Waals surface area (Å²) in [5.74, 6) is 0.747. The second kappa shape index (κ2) is 11.1. The molecule has 0 aliphatic heterocycles. The van der Waals surface area contributed by atoms with E-state index in [1.807, 2.05) is 36.4 Å². The number of benzene rings is 4. The highest BCUT2D eigenvalue weighted by Crippen LogP contribution is 2.44. The molecule has 5 rings (SSSR count). The minimum Gasteiger partial charge on any atom is -0.497 e. The first-order valence-corrected chi connectivity index (χ1v) is 12.3. The number of amides is 1. The lowest BCUT2D eigenvalue weighted by atomic mass is 9.98. The van der Waals surface area contributed by atoms with Crippen LogP contribution in [-0.2, 0) is 16.0 Å². The van der Waals surface area contributed by atoms with Gasteiger partial charge < -0.3 is 24.6 Å². The van der Waals surface area contributed by atoms with E-state index in [2.05, 4.69) is 17.4 Å². The zero-order chi connectivity index (χ0) is 26.5. The van der Waals surface area contributed by atoms with E-state index in [1.54, 1.807) is 55.6 Å². The third kappa shape index (κ3) is 5.47. The molecule has 7 heteroatoms. The van der Waals surface area contributed by atoms with Gasteiger partial charge in [-0.25, -0.2) is 9.59 Å². The lowest BCUT2D eigenvalue weighted by Gasteiger charge is -2.17. The maximum absolute atomic E-state index is 12.6. The van der Waals surface area contributed by atoms with E-state index in [0.29, 0.717) is 11.5 Å². The Morgan fingerprint density at radius 3 is 1.87 bits per heavy atom. The van der Waals surface area contributed by atoms with Crippen molar-refractivity contribution in [3.8, 4) is 28.4 Å². The quantitative estimate of drug-likeness (QED) is 0.287. The number of nitrogens with one attached hydrogen (secondary N) is 1. The van der Waals surface area contributed by atoms with Crippen LogP contribution in [0.5, 0.6) is 17.2 Å². The van der Waals surface area contributed by atoms with Crippen molar-refractivity contribution in [3.63, 3.8) is 0 Å². The number of alkyl carbamates (subject to hydrolysis) is 1. The van der Waals surface area contributed by atoms with Crippen LogP contribution in [0.15, 0.2) is 97.1 Å². The van der Waals surface area contributed by atoms with Crippen molar-refractivity contribution in [2.24, 2.45) is 0 Å². The lowest BCUT2D eigenvalue weighted by Crippen LogP contribution is -2.42. The molecule has 1 unspecified atom stereocenters. The minimum atomic E-state index is -1.14. The number of hydrogen-bond acceptors (Lipinski definition) is 5. The Labute approximate surface area is 220 Å². The van der Waals surface area contributed by atoms with Crippen LogP contribution in [0.3, 0.4) is 0 Å². The van der Waals surface area contributed by atoms with Crippen LogP contribution in [0.25, 0.3) is 11.1 Å². The van der Waals surface area contributed by atoms with Gasteiger partial charge in [-0.3, -0.25) is 0 Å². The zero-order valence-electron chi connectivity index (χ0n) is 20.8. The summed E-state index contributed by atoms with van der Waals surface area (Å²) in [6.07, 6.45) is -0.666. The van der Waals surface area contributed by atoms with E-state index in [1.165, 1.54) is 0 Å². The number of hydrogen-bond donors (Lipinski definition) is 2. The molecule has 38 heavy (non-hydrogen) atoms. The highest BCUT2D eigenvalue weighted by Gasteiger charge is 2.29. The molecule has 0 saturated carbocycles. The molecule has 4 aromatic carbocycles. The number of carbonyl (C=O) groups is 2. The molecule has 0 saturated heterocycles. The SMILES string of the molecule is COc1ccc(Oc2ccc(CC(NC(=O)OCC3c4ccccc4-c4ccccc43)C(=O)O)cc2)cc1. The Morgan fingerprint density at radius 1 is 0.789 bits per heavy atom. The topological polar surface area (TPSA) is 94.1 Å². The van der Waals surface area contributed by atoms with Gasteiger partial charge in [0.05, 0.1) is 7.11 Å². The molecule has 1 aliphatic carbocycles. The molecular formula is C31H27NO6. The highest BCUT2D eigenvalue weighted by molar-refractivity contribution is 5.81. The Balaban J connectivity index is 1.18. The van der Waals surface area contributed by atoms with Crippen LogP contribution in [0.1, 0.15) is 22.6 Å². The number of carboxylic acids is 1. The van der Waals surface area contributed by atoms with Gasteiger partial charge >= 0.3 is 12.1 Å². The van der Waals surface area contributed by atoms with Gasteiger partial charge in [-0.2, -0.15) is 0 Å². The first-order chi connectivity index (χ1) is 18.5. The summed E-state index contributed by atoms with van der Waals surface area (Å²) in [6.45, 7) is 0.115. The third-order valence-electron chi connectivity index (χ3n) is 6.59. The van der Waals surface area contributed by atoms with Gasteiger partial charge in [-0.1, -0.05) is 60.7 Å². The summed E-state index contributed by atoms with van der Waals surface area (Å²) in [5, 5.41) is 12.2. The monoisotopic (exact) mass is 509 g/mol. The smallest absolute Gasteiger partial charge is 0.407 e. The standard InChI is InChI=1S/C31H27NO6/c1-36-21-14-16-23(17-15-21)38-22-12-10-20(11-13-22)18-29(30(33)34)32-31(35)37-19-28-26-8-4-2-6-24(26)25-7-3-5-9-27(25)28/h2-17,28-29H,18-19H2,1H3,(H,32,35)(H,33,34). The fourth-order valence-electron chi connectivity index (χ4n) is 4.69. The Bertz CT molecular complexity index is 1390. The van der Waals surface area contributed by atoms with Crippen molar-refractivity contribution in [1.29, 1.82) is 0 Å². The molecule has 0 radical (unpaired) electrons. The fourth-order valence-corrected chi connectivity index (χ4v) is 4.69. The summed E-state index contributed by atoms with van der Waals surface area (Å²) in [5.41, 5.74) is 5.17. The Kier molecular flexibility index (Phi) is 7.26. The van der Waals surface area contributed by atoms with Crippen LogP contribution < -0.4 is 14.8 Å². The van der Waals surface area contributed by atoms with E-state index >= 15 is 0 Å². The average Bonchev–Trinajstić information content (AvgIpc) is 3.26. The van der Waals surface area contributed by atoms with E-state index in [0.717, 1.165) is 33.6 Å². The van der Waals surface area contributed by atoms with E-state index < -0.39 is 18.1 Å². The summed E-state index contributed by atoms with van der Waals surface area (Å²) >= 11 is 0. The molecule has 1 amide bonds. The molecule has 0 heterocycles. The average molecular weight is 510 g/mol. The van der Waals surface area contributed by atoms with Gasteiger partial charge in [0.2, 0.25) is 0 Å². The molecule has 4 aromatic rings.